The van der Waals surface area contributed by atoms with Crippen molar-refractivity contribution in [3.8, 4) is 0 Å². The molecule has 0 aliphatic rings. The predicted molar refractivity (Wildman–Crippen MR) is 91.6 cm³/mol. The fourth-order valence-electron chi connectivity index (χ4n) is 1.84. The summed E-state index contributed by atoms with van der Waals surface area (Å²) in [6, 6.07) is 10.9. The smallest absolute Gasteiger partial charge is 0.251 e. The largest absolute Gasteiger partial charge is 0.355 e. The summed E-state index contributed by atoms with van der Waals surface area (Å²) in [6.45, 7) is 0. The van der Waals surface area contributed by atoms with E-state index in [2.05, 4.69) is 26.6 Å². The number of carbonyl (C=O) groups is 2. The SMILES string of the molecule is CNC(=O)c1ccc(NC(=O)/C=C/c2cc(Br)ccc2F)cc1. The number of amides is 2. The molecule has 0 saturated carbocycles. The van der Waals surface area contributed by atoms with E-state index >= 15 is 0 Å². The molecule has 2 aromatic rings. The zero-order valence-corrected chi connectivity index (χ0v) is 13.9. The highest BCUT2D eigenvalue weighted by atomic mass is 79.9. The lowest BCUT2D eigenvalue weighted by Crippen LogP contribution is -2.17. The van der Waals surface area contributed by atoms with Gasteiger partial charge in [0.05, 0.1) is 0 Å². The summed E-state index contributed by atoms with van der Waals surface area (Å²) in [5.74, 6) is -1.00. The summed E-state index contributed by atoms with van der Waals surface area (Å²) in [5.41, 5.74) is 1.35. The Morgan fingerprint density at radius 1 is 1.13 bits per heavy atom. The minimum atomic E-state index is -0.410. The molecular formula is C17H14BrFN2O2. The quantitative estimate of drug-likeness (QED) is 0.800. The summed E-state index contributed by atoms with van der Waals surface area (Å²) in [6.07, 6.45) is 2.64. The molecule has 2 rings (SSSR count). The maximum absolute atomic E-state index is 13.6. The first kappa shape index (κ1) is 16.9. The van der Waals surface area contributed by atoms with Gasteiger partial charge in [0, 0.05) is 34.4 Å². The van der Waals surface area contributed by atoms with E-state index in [0.717, 1.165) is 4.47 Å². The van der Waals surface area contributed by atoms with Crippen molar-refractivity contribution in [2.24, 2.45) is 0 Å². The number of hydrogen-bond acceptors (Lipinski definition) is 2. The highest BCUT2D eigenvalue weighted by molar-refractivity contribution is 9.10. The lowest BCUT2D eigenvalue weighted by Gasteiger charge is -2.04. The maximum atomic E-state index is 13.6. The van der Waals surface area contributed by atoms with Gasteiger partial charge in [0.1, 0.15) is 5.82 Å². The zero-order chi connectivity index (χ0) is 16.8. The average Bonchev–Trinajstić information content (AvgIpc) is 2.55. The molecule has 118 valence electrons. The lowest BCUT2D eigenvalue weighted by molar-refractivity contribution is -0.111. The number of anilines is 1. The number of nitrogens with one attached hydrogen (secondary N) is 2. The van der Waals surface area contributed by atoms with Crippen molar-refractivity contribution in [2.45, 2.75) is 0 Å². The third kappa shape index (κ3) is 4.75. The molecule has 0 heterocycles. The van der Waals surface area contributed by atoms with Gasteiger partial charge < -0.3 is 10.6 Å². The zero-order valence-electron chi connectivity index (χ0n) is 12.3. The van der Waals surface area contributed by atoms with E-state index < -0.39 is 11.7 Å². The van der Waals surface area contributed by atoms with Crippen LogP contribution in [0.1, 0.15) is 15.9 Å². The Hall–Kier alpha value is -2.47. The number of carbonyl (C=O) groups excluding carboxylic acids is 2. The molecule has 2 amide bonds. The Bertz CT molecular complexity index is 758. The number of halogens is 2. The minimum absolute atomic E-state index is 0.201. The molecule has 0 saturated heterocycles. The molecule has 0 spiro atoms. The van der Waals surface area contributed by atoms with Crippen molar-refractivity contribution in [1.29, 1.82) is 0 Å². The van der Waals surface area contributed by atoms with Crippen LogP contribution < -0.4 is 10.6 Å². The number of rotatable bonds is 4. The Labute approximate surface area is 141 Å². The molecule has 0 fully saturated rings. The molecule has 4 nitrogen and oxygen atoms in total. The average molecular weight is 377 g/mol. The summed E-state index contributed by atoms with van der Waals surface area (Å²) >= 11 is 3.25. The molecular weight excluding hydrogens is 363 g/mol. The van der Waals surface area contributed by atoms with E-state index in [1.807, 2.05) is 0 Å². The van der Waals surface area contributed by atoms with Gasteiger partial charge in [-0.05, 0) is 48.5 Å². The van der Waals surface area contributed by atoms with Crippen molar-refractivity contribution < 1.29 is 14.0 Å². The van der Waals surface area contributed by atoms with Gasteiger partial charge in [-0.2, -0.15) is 0 Å². The van der Waals surface area contributed by atoms with Crippen molar-refractivity contribution in [3.63, 3.8) is 0 Å². The fourth-order valence-corrected chi connectivity index (χ4v) is 2.22. The first-order chi connectivity index (χ1) is 11.0. The molecule has 0 aromatic heterocycles. The summed E-state index contributed by atoms with van der Waals surface area (Å²) < 4.78 is 14.3. The summed E-state index contributed by atoms with van der Waals surface area (Å²) in [5, 5.41) is 5.15. The Morgan fingerprint density at radius 2 is 1.83 bits per heavy atom. The number of benzene rings is 2. The summed E-state index contributed by atoms with van der Waals surface area (Å²) in [7, 11) is 1.55. The van der Waals surface area contributed by atoms with Crippen molar-refractivity contribution in [1.82, 2.24) is 5.32 Å². The molecule has 0 bridgehead atoms. The first-order valence-corrected chi connectivity index (χ1v) is 7.55. The predicted octanol–water partition coefficient (Wildman–Crippen LogP) is 3.60. The second-order valence-electron chi connectivity index (χ2n) is 4.64. The van der Waals surface area contributed by atoms with Crippen LogP contribution in [0.5, 0.6) is 0 Å². The van der Waals surface area contributed by atoms with Crippen molar-refractivity contribution in [2.75, 3.05) is 12.4 Å². The van der Waals surface area contributed by atoms with Gasteiger partial charge in [-0.25, -0.2) is 4.39 Å². The van der Waals surface area contributed by atoms with Crippen LogP contribution in [-0.4, -0.2) is 18.9 Å². The molecule has 2 aromatic carbocycles. The van der Waals surface area contributed by atoms with Crippen LogP contribution in [0, 0.1) is 5.82 Å². The van der Waals surface area contributed by atoms with Crippen LogP contribution in [0.15, 0.2) is 53.0 Å². The Balaban J connectivity index is 2.03. The van der Waals surface area contributed by atoms with Crippen LogP contribution in [0.25, 0.3) is 6.08 Å². The Kier molecular flexibility index (Phi) is 5.65. The van der Waals surface area contributed by atoms with Gasteiger partial charge in [-0.15, -0.1) is 0 Å². The van der Waals surface area contributed by atoms with E-state index in [0.29, 0.717) is 16.8 Å². The van der Waals surface area contributed by atoms with Gasteiger partial charge in [-0.1, -0.05) is 15.9 Å². The van der Waals surface area contributed by atoms with E-state index in [1.54, 1.807) is 43.4 Å². The summed E-state index contributed by atoms with van der Waals surface area (Å²) in [4.78, 5) is 23.3. The lowest BCUT2D eigenvalue weighted by atomic mass is 10.2. The monoisotopic (exact) mass is 376 g/mol. The van der Waals surface area contributed by atoms with Crippen LogP contribution in [0.4, 0.5) is 10.1 Å². The second kappa shape index (κ2) is 7.69. The fraction of sp³-hybridized carbons (Fsp3) is 0.0588. The van der Waals surface area contributed by atoms with E-state index in [-0.39, 0.29) is 5.91 Å². The first-order valence-electron chi connectivity index (χ1n) is 6.76. The molecule has 23 heavy (non-hydrogen) atoms. The van der Waals surface area contributed by atoms with Gasteiger partial charge in [0.15, 0.2) is 0 Å². The van der Waals surface area contributed by atoms with E-state index in [1.165, 1.54) is 18.2 Å². The third-order valence-corrected chi connectivity index (χ3v) is 3.51. The molecule has 0 unspecified atom stereocenters. The third-order valence-electron chi connectivity index (χ3n) is 3.01. The maximum Gasteiger partial charge on any atom is 0.251 e. The van der Waals surface area contributed by atoms with Crippen LogP contribution >= 0.6 is 15.9 Å². The minimum Gasteiger partial charge on any atom is -0.355 e. The normalized spacial score (nSPS) is 10.6. The van der Waals surface area contributed by atoms with Gasteiger partial charge in [0.25, 0.3) is 5.91 Å². The van der Waals surface area contributed by atoms with Crippen LogP contribution in [-0.2, 0) is 4.79 Å². The highest BCUT2D eigenvalue weighted by Gasteiger charge is 2.04. The molecule has 0 radical (unpaired) electrons. The van der Waals surface area contributed by atoms with Crippen LogP contribution in [0.2, 0.25) is 0 Å². The van der Waals surface area contributed by atoms with Crippen molar-refractivity contribution >= 4 is 39.5 Å². The molecule has 0 atom stereocenters. The standard InChI is InChI=1S/C17H14BrFN2O2/c1-20-17(23)11-2-6-14(7-3-11)21-16(22)9-4-12-10-13(18)5-8-15(12)19/h2-10H,1H3,(H,20,23)(H,21,22)/b9-4+. The van der Waals surface area contributed by atoms with Crippen molar-refractivity contribution in [3.05, 3.63) is 70.0 Å². The van der Waals surface area contributed by atoms with E-state index in [4.69, 9.17) is 0 Å². The number of hydrogen-bond donors (Lipinski definition) is 2. The molecule has 2 N–H and O–H groups in total. The van der Waals surface area contributed by atoms with Gasteiger partial charge >= 0.3 is 0 Å². The second-order valence-corrected chi connectivity index (χ2v) is 5.56. The molecule has 0 aliphatic heterocycles. The molecule has 6 heteroatoms. The van der Waals surface area contributed by atoms with Gasteiger partial charge in [0.2, 0.25) is 5.91 Å². The Morgan fingerprint density at radius 3 is 2.48 bits per heavy atom. The highest BCUT2D eigenvalue weighted by Crippen LogP contribution is 2.17. The van der Waals surface area contributed by atoms with Crippen LogP contribution in [0.3, 0.4) is 0 Å². The molecule has 0 aliphatic carbocycles. The topological polar surface area (TPSA) is 58.2 Å². The van der Waals surface area contributed by atoms with E-state index in [9.17, 15) is 14.0 Å². The van der Waals surface area contributed by atoms with Gasteiger partial charge in [-0.3, -0.25) is 9.59 Å².